The summed E-state index contributed by atoms with van der Waals surface area (Å²) in [5, 5.41) is 12.0. The average molecular weight is 902 g/mol. The van der Waals surface area contributed by atoms with Crippen LogP contribution in [-0.2, 0) is 36.0 Å². The summed E-state index contributed by atoms with van der Waals surface area (Å²) in [5.41, 5.74) is 10.2. The molecule has 5 heterocycles. The summed E-state index contributed by atoms with van der Waals surface area (Å²) >= 11 is 0. The first-order valence-corrected chi connectivity index (χ1v) is 20.2. The van der Waals surface area contributed by atoms with E-state index in [2.05, 4.69) is 0 Å². The second-order valence-corrected chi connectivity index (χ2v) is 14.9. The van der Waals surface area contributed by atoms with Gasteiger partial charge < -0.3 is 39.5 Å². The Kier molecular flexibility index (Phi) is 12.4. The van der Waals surface area contributed by atoms with Gasteiger partial charge in [0.2, 0.25) is 0 Å². The van der Waals surface area contributed by atoms with Crippen LogP contribution in [0.2, 0.25) is 0 Å². The molecule has 4 aromatic carbocycles. The van der Waals surface area contributed by atoms with Crippen LogP contribution in [0.5, 0.6) is 0 Å². The van der Waals surface area contributed by atoms with Crippen LogP contribution in [0, 0.1) is 0 Å². The van der Waals surface area contributed by atoms with Gasteiger partial charge in [-0.05, 0) is 81.9 Å². The minimum Gasteiger partial charge on any atom is -0.674 e. The third-order valence-electron chi connectivity index (χ3n) is 11.3. The second-order valence-electron chi connectivity index (χ2n) is 14.9. The fourth-order valence-corrected chi connectivity index (χ4v) is 8.14. The van der Waals surface area contributed by atoms with Crippen LogP contribution in [0.25, 0.3) is 32.9 Å². The van der Waals surface area contributed by atoms with Gasteiger partial charge in [0.1, 0.15) is 0 Å². The third kappa shape index (κ3) is 8.38. The van der Waals surface area contributed by atoms with Crippen molar-refractivity contribution in [1.29, 1.82) is 0 Å². The van der Waals surface area contributed by atoms with Gasteiger partial charge >= 0.3 is 23.9 Å². The van der Waals surface area contributed by atoms with Crippen LogP contribution in [0.15, 0.2) is 157 Å². The largest absolute Gasteiger partial charge is 0.674 e. The van der Waals surface area contributed by atoms with Crippen molar-refractivity contribution in [2.75, 3.05) is 28.4 Å². The van der Waals surface area contributed by atoms with E-state index in [1.165, 1.54) is 28.4 Å². The maximum absolute atomic E-state index is 12.5. The number of rotatable bonds is 8. The Morgan fingerprint density at radius 2 is 0.708 bits per heavy atom. The molecule has 9 rings (SSSR count). The van der Waals surface area contributed by atoms with E-state index in [1.807, 2.05) is 97.1 Å². The molecule has 325 valence electrons. The monoisotopic (exact) mass is 901 g/mol. The van der Waals surface area contributed by atoms with Crippen LogP contribution < -0.4 is 20.7 Å². The molecule has 0 amide bonds. The van der Waals surface area contributed by atoms with E-state index in [-0.39, 0.29) is 17.1 Å². The first-order valence-electron chi connectivity index (χ1n) is 20.2. The minimum absolute atomic E-state index is 0. The van der Waals surface area contributed by atoms with Crippen LogP contribution in [0.4, 0.5) is 0 Å². The van der Waals surface area contributed by atoms with Gasteiger partial charge in [0.05, 0.1) is 50.7 Å². The summed E-state index contributed by atoms with van der Waals surface area (Å²) in [5.74, 6) is -1.83. The number of benzene rings is 4. The molecule has 2 aromatic heterocycles. The van der Waals surface area contributed by atoms with E-state index in [4.69, 9.17) is 39.5 Å². The van der Waals surface area contributed by atoms with Gasteiger partial charge in [0.15, 0.2) is 0 Å². The number of carbonyl (C=O) groups excluding carboxylic acids is 4. The molecule has 0 saturated heterocycles. The molecule has 0 aliphatic carbocycles. The Bertz CT molecular complexity index is 2890. The zero-order valence-corrected chi connectivity index (χ0v) is 36.6. The van der Waals surface area contributed by atoms with Crippen molar-refractivity contribution in [1.82, 2.24) is 9.97 Å². The Hall–Kier alpha value is -7.86. The van der Waals surface area contributed by atoms with Gasteiger partial charge in [0, 0.05) is 17.1 Å². The number of methoxy groups -OCH3 is 4. The van der Waals surface area contributed by atoms with Crippen LogP contribution >= 0.6 is 0 Å². The van der Waals surface area contributed by atoms with Crippen molar-refractivity contribution in [2.24, 2.45) is 0 Å². The first-order chi connectivity index (χ1) is 31.2. The Morgan fingerprint density at radius 1 is 0.400 bits per heavy atom. The SMILES string of the molecule is COC(=O)c1ccc(/C2=C3\C=CC([N-]3)/C(c3ccc(C(=O)OC)cc3)=c3/cc/c([n-]3)=C(\c3ccc(C(=O)OC)cc3)C3C=C/C(=C(\c4ccc(C(=O)OC)cc4)c4ccc2[n-]4)[N-]3)cc1.[Mn]. The van der Waals surface area contributed by atoms with Gasteiger partial charge in [0.25, 0.3) is 0 Å². The van der Waals surface area contributed by atoms with E-state index < -0.39 is 36.0 Å². The van der Waals surface area contributed by atoms with E-state index in [0.717, 1.165) is 44.5 Å². The van der Waals surface area contributed by atoms with Crippen molar-refractivity contribution >= 4 is 46.2 Å². The molecular formula is C52H38MnN4O8-4. The molecule has 0 fully saturated rings. The molecule has 65 heavy (non-hydrogen) atoms. The average Bonchev–Trinajstić information content (AvgIpc) is 4.20. The predicted molar refractivity (Wildman–Crippen MR) is 240 cm³/mol. The second kappa shape index (κ2) is 18.5. The number of aromatic nitrogens is 2. The number of hydrogen-bond donors (Lipinski definition) is 0. The van der Waals surface area contributed by atoms with Gasteiger partial charge in [-0.3, -0.25) is 0 Å². The zero-order chi connectivity index (χ0) is 44.5. The molecule has 0 spiro atoms. The van der Waals surface area contributed by atoms with Crippen molar-refractivity contribution in [3.05, 3.63) is 234 Å². The van der Waals surface area contributed by atoms with E-state index in [1.54, 1.807) is 48.5 Å². The van der Waals surface area contributed by atoms with Crippen molar-refractivity contribution in [3.63, 3.8) is 0 Å². The normalized spacial score (nSPS) is 19.9. The molecule has 8 bridgehead atoms. The fraction of sp³-hybridized carbons (Fsp3) is 0.115. The van der Waals surface area contributed by atoms with Gasteiger partial charge in [-0.1, -0.05) is 120 Å². The van der Waals surface area contributed by atoms with E-state index in [9.17, 15) is 19.2 Å². The van der Waals surface area contributed by atoms with Gasteiger partial charge in [-0.25, -0.2) is 19.2 Å². The molecule has 0 saturated carbocycles. The molecule has 2 unspecified atom stereocenters. The summed E-state index contributed by atoms with van der Waals surface area (Å²) in [6, 6.07) is 35.2. The summed E-state index contributed by atoms with van der Waals surface area (Å²) in [6.45, 7) is 0. The number of nitrogens with zero attached hydrogens (tertiary/aromatic N) is 4. The number of allylic oxidation sites excluding steroid dienone is 2. The fourth-order valence-electron chi connectivity index (χ4n) is 8.14. The topological polar surface area (TPSA) is 162 Å². The first kappa shape index (κ1) is 43.8. The summed E-state index contributed by atoms with van der Waals surface area (Å²) in [6.07, 6.45) is 7.92. The summed E-state index contributed by atoms with van der Waals surface area (Å²) < 4.78 is 19.9. The molecule has 2 atom stereocenters. The number of hydrogen-bond acceptors (Lipinski definition) is 8. The summed E-state index contributed by atoms with van der Waals surface area (Å²) in [7, 11) is 5.37. The molecule has 12 nitrogen and oxygen atoms in total. The number of carbonyl (C=O) groups is 4. The number of fused-ring (bicyclic) bond motifs is 8. The van der Waals surface area contributed by atoms with E-state index in [0.29, 0.717) is 55.7 Å². The van der Waals surface area contributed by atoms with Crippen LogP contribution in [0.1, 0.15) is 75.1 Å². The van der Waals surface area contributed by atoms with Gasteiger partial charge in [-0.2, -0.15) is 0 Å². The molecule has 6 aromatic rings. The standard InChI is InChI=1S/C52H41N4O8.Mn/c1-61-49(57)33-13-5-29(6-14-33)45-37-21-23-39(53-37)46(30-7-15-34(16-8-30)50(58)62-2)41-25-27-43(55-41)48(32-11-19-36(20-12-32)52(60)64-4)44-28-26-42(56-44)47(40-24-22-38(45)54-40)31-9-17-35(18-10-31)51(59)63-3;/h5-28,37,42H,1-4H3,(H3-,53,54,55,56,57,58,59,60);/q-1;/p-3. The molecule has 13 heteroatoms. The Labute approximate surface area is 384 Å². The number of esters is 4. The van der Waals surface area contributed by atoms with Crippen molar-refractivity contribution < 1.29 is 55.2 Å². The maximum Gasteiger partial charge on any atom is 0.337 e. The minimum atomic E-state index is -0.525. The zero-order valence-electron chi connectivity index (χ0n) is 35.4. The molecule has 3 aliphatic heterocycles. The molecular weight excluding hydrogens is 864 g/mol. The van der Waals surface area contributed by atoms with Crippen LogP contribution in [0.3, 0.4) is 0 Å². The maximum atomic E-state index is 12.5. The molecule has 0 N–H and O–H groups in total. The Morgan fingerprint density at radius 3 is 1.02 bits per heavy atom. The van der Waals surface area contributed by atoms with Gasteiger partial charge in [-0.15, -0.1) is 33.5 Å². The molecule has 1 radical (unpaired) electrons. The quantitative estimate of drug-likeness (QED) is 0.0884. The van der Waals surface area contributed by atoms with Crippen molar-refractivity contribution in [2.45, 2.75) is 12.1 Å². The smallest absolute Gasteiger partial charge is 0.337 e. The molecule has 3 aliphatic rings. The Balaban J connectivity index is 0.00000576. The number of ether oxygens (including phenoxy) is 4. The summed E-state index contributed by atoms with van der Waals surface area (Å²) in [4.78, 5) is 60.5. The van der Waals surface area contributed by atoms with Crippen molar-refractivity contribution in [3.8, 4) is 0 Å². The third-order valence-corrected chi connectivity index (χ3v) is 11.3. The predicted octanol–water partition coefficient (Wildman–Crippen LogP) is 7.00. The van der Waals surface area contributed by atoms with E-state index >= 15 is 0 Å². The van der Waals surface area contributed by atoms with Crippen LogP contribution in [-0.4, -0.2) is 64.4 Å².